The van der Waals surface area contributed by atoms with Gasteiger partial charge in [0, 0.05) is 18.5 Å². The molecule has 4 nitrogen and oxygen atoms in total. The molecule has 0 unspecified atom stereocenters. The Morgan fingerprint density at radius 3 is 2.63 bits per heavy atom. The fourth-order valence-corrected chi connectivity index (χ4v) is 3.85. The number of ether oxygens (including phenoxy) is 2. The lowest BCUT2D eigenvalue weighted by Crippen LogP contribution is -2.20. The average molecular weight is 408 g/mol. The number of carbonyl (C=O) groups is 1. The topological polar surface area (TPSA) is 38.8 Å². The third kappa shape index (κ3) is 6.20. The molecule has 0 aromatic heterocycles. The number of para-hydroxylation sites is 1. The van der Waals surface area contributed by atoms with Crippen LogP contribution < -0.4 is 4.74 Å². The molecular formula is C26H33NO3. The quantitative estimate of drug-likeness (QED) is 0.387. The number of unbranched alkanes of at least 4 members (excludes halogenated alkanes) is 2. The van der Waals surface area contributed by atoms with E-state index in [-0.39, 0.29) is 5.97 Å². The molecule has 0 atom stereocenters. The molecule has 1 aliphatic heterocycles. The summed E-state index contributed by atoms with van der Waals surface area (Å²) in [6.45, 7) is 4.98. The Morgan fingerprint density at radius 1 is 1.03 bits per heavy atom. The molecule has 1 aliphatic rings. The first-order chi connectivity index (χ1) is 14.7. The SMILES string of the molecule is CCOC(=O)CCCCCN(C)CC/C=C1\c2ccccc2COc2ccccc21. The minimum Gasteiger partial charge on any atom is -0.488 e. The largest absolute Gasteiger partial charge is 0.488 e. The van der Waals surface area contributed by atoms with Gasteiger partial charge in [-0.3, -0.25) is 4.79 Å². The fraction of sp³-hybridized carbons (Fsp3) is 0.423. The van der Waals surface area contributed by atoms with E-state index in [4.69, 9.17) is 9.47 Å². The third-order valence-electron chi connectivity index (χ3n) is 5.45. The van der Waals surface area contributed by atoms with Gasteiger partial charge in [-0.15, -0.1) is 0 Å². The lowest BCUT2D eigenvalue weighted by atomic mass is 9.93. The van der Waals surface area contributed by atoms with Gasteiger partial charge >= 0.3 is 5.97 Å². The molecule has 160 valence electrons. The number of benzene rings is 2. The highest BCUT2D eigenvalue weighted by atomic mass is 16.5. The molecule has 2 aromatic carbocycles. The minimum atomic E-state index is -0.0783. The zero-order valence-electron chi connectivity index (χ0n) is 18.2. The maximum absolute atomic E-state index is 11.4. The van der Waals surface area contributed by atoms with Gasteiger partial charge in [0.2, 0.25) is 0 Å². The van der Waals surface area contributed by atoms with Crippen LogP contribution in [0.4, 0.5) is 0 Å². The molecular weight excluding hydrogens is 374 g/mol. The lowest BCUT2D eigenvalue weighted by Gasteiger charge is -2.16. The fourth-order valence-electron chi connectivity index (χ4n) is 3.85. The summed E-state index contributed by atoms with van der Waals surface area (Å²) in [7, 11) is 2.17. The zero-order valence-corrected chi connectivity index (χ0v) is 18.2. The van der Waals surface area contributed by atoms with Crippen LogP contribution in [0, 0.1) is 0 Å². The Labute approximate surface area is 180 Å². The number of esters is 1. The van der Waals surface area contributed by atoms with Crippen molar-refractivity contribution in [1.29, 1.82) is 0 Å². The van der Waals surface area contributed by atoms with Crippen molar-refractivity contribution in [1.82, 2.24) is 4.90 Å². The number of nitrogens with zero attached hydrogens (tertiary/aromatic N) is 1. The van der Waals surface area contributed by atoms with Gasteiger partial charge in [-0.05, 0) is 62.5 Å². The summed E-state index contributed by atoms with van der Waals surface area (Å²) in [5.41, 5.74) is 4.93. The maximum Gasteiger partial charge on any atom is 0.305 e. The summed E-state index contributed by atoms with van der Waals surface area (Å²) in [4.78, 5) is 13.8. The van der Waals surface area contributed by atoms with E-state index in [9.17, 15) is 4.79 Å². The Morgan fingerprint density at radius 2 is 1.80 bits per heavy atom. The molecule has 0 saturated heterocycles. The van der Waals surface area contributed by atoms with Crippen LogP contribution in [0.2, 0.25) is 0 Å². The first kappa shape index (κ1) is 22.1. The summed E-state index contributed by atoms with van der Waals surface area (Å²) in [5, 5.41) is 0. The zero-order chi connectivity index (χ0) is 21.2. The molecule has 4 heteroatoms. The van der Waals surface area contributed by atoms with E-state index in [0.717, 1.165) is 44.5 Å². The van der Waals surface area contributed by atoms with Crippen LogP contribution in [-0.2, 0) is 16.1 Å². The average Bonchev–Trinajstić information content (AvgIpc) is 2.91. The number of fused-ring (bicyclic) bond motifs is 2. The highest BCUT2D eigenvalue weighted by Crippen LogP contribution is 2.36. The standard InChI is InChI=1S/C26H33NO3/c1-3-29-26(28)17-5-4-10-18-27(2)19-11-15-23-22-13-7-6-12-21(22)20-30-25-16-9-8-14-24(23)25/h6-9,12-16H,3-5,10-11,17-20H2,1-2H3/b23-15+. The van der Waals surface area contributed by atoms with Gasteiger partial charge in [-0.25, -0.2) is 0 Å². The Bertz CT molecular complexity index is 809. The van der Waals surface area contributed by atoms with Crippen LogP contribution in [0.3, 0.4) is 0 Å². The van der Waals surface area contributed by atoms with Crippen LogP contribution in [-0.4, -0.2) is 37.6 Å². The summed E-state index contributed by atoms with van der Waals surface area (Å²) in [6, 6.07) is 16.8. The van der Waals surface area contributed by atoms with E-state index in [1.54, 1.807) is 0 Å². The van der Waals surface area contributed by atoms with Crippen molar-refractivity contribution in [3.05, 3.63) is 71.3 Å². The van der Waals surface area contributed by atoms with E-state index in [1.165, 1.54) is 22.3 Å². The number of carbonyl (C=O) groups excluding carboxylic acids is 1. The maximum atomic E-state index is 11.4. The predicted octanol–water partition coefficient (Wildman–Crippen LogP) is 5.46. The second-order valence-corrected chi connectivity index (χ2v) is 7.77. The molecule has 0 amide bonds. The van der Waals surface area contributed by atoms with Crippen molar-refractivity contribution in [2.75, 3.05) is 26.7 Å². The van der Waals surface area contributed by atoms with Crippen molar-refractivity contribution in [2.45, 2.75) is 45.6 Å². The molecule has 0 spiro atoms. The van der Waals surface area contributed by atoms with Gasteiger partial charge in [-0.2, -0.15) is 0 Å². The van der Waals surface area contributed by atoms with E-state index in [0.29, 0.717) is 19.6 Å². The predicted molar refractivity (Wildman–Crippen MR) is 122 cm³/mol. The summed E-state index contributed by atoms with van der Waals surface area (Å²) in [5.74, 6) is 0.875. The summed E-state index contributed by atoms with van der Waals surface area (Å²) < 4.78 is 11.0. The molecule has 0 bridgehead atoms. The van der Waals surface area contributed by atoms with Crippen LogP contribution in [0.25, 0.3) is 5.57 Å². The van der Waals surface area contributed by atoms with Crippen LogP contribution in [0.1, 0.15) is 55.7 Å². The summed E-state index contributed by atoms with van der Waals surface area (Å²) in [6.07, 6.45) is 6.93. The normalized spacial score (nSPS) is 14.0. The molecule has 0 radical (unpaired) electrons. The summed E-state index contributed by atoms with van der Waals surface area (Å²) >= 11 is 0. The van der Waals surface area contributed by atoms with E-state index < -0.39 is 0 Å². The number of hydrogen-bond acceptors (Lipinski definition) is 4. The van der Waals surface area contributed by atoms with E-state index in [1.807, 2.05) is 13.0 Å². The van der Waals surface area contributed by atoms with E-state index >= 15 is 0 Å². The molecule has 3 rings (SSSR count). The molecule has 1 heterocycles. The van der Waals surface area contributed by atoms with Gasteiger partial charge in [0.05, 0.1) is 6.61 Å². The van der Waals surface area contributed by atoms with Crippen LogP contribution >= 0.6 is 0 Å². The second kappa shape index (κ2) is 11.6. The highest BCUT2D eigenvalue weighted by molar-refractivity contribution is 5.84. The van der Waals surface area contributed by atoms with Gasteiger partial charge in [0.1, 0.15) is 12.4 Å². The van der Waals surface area contributed by atoms with Crippen molar-refractivity contribution < 1.29 is 14.3 Å². The van der Waals surface area contributed by atoms with Crippen molar-refractivity contribution >= 4 is 11.5 Å². The minimum absolute atomic E-state index is 0.0783. The Kier molecular flexibility index (Phi) is 8.52. The van der Waals surface area contributed by atoms with Gasteiger partial charge in [-0.1, -0.05) is 55.0 Å². The van der Waals surface area contributed by atoms with E-state index in [2.05, 4.69) is 60.5 Å². The van der Waals surface area contributed by atoms with Crippen molar-refractivity contribution in [3.8, 4) is 5.75 Å². The van der Waals surface area contributed by atoms with Gasteiger partial charge in [0.25, 0.3) is 0 Å². The Hall–Kier alpha value is -2.59. The molecule has 0 saturated carbocycles. The van der Waals surface area contributed by atoms with Crippen molar-refractivity contribution in [3.63, 3.8) is 0 Å². The molecule has 30 heavy (non-hydrogen) atoms. The molecule has 2 aromatic rings. The van der Waals surface area contributed by atoms with Crippen LogP contribution in [0.5, 0.6) is 5.75 Å². The van der Waals surface area contributed by atoms with Crippen molar-refractivity contribution in [2.24, 2.45) is 0 Å². The Balaban J connectivity index is 1.54. The molecule has 0 N–H and O–H groups in total. The van der Waals surface area contributed by atoms with Gasteiger partial charge in [0.15, 0.2) is 0 Å². The highest BCUT2D eigenvalue weighted by Gasteiger charge is 2.18. The van der Waals surface area contributed by atoms with Gasteiger partial charge < -0.3 is 14.4 Å². The lowest BCUT2D eigenvalue weighted by molar-refractivity contribution is -0.143. The number of rotatable bonds is 10. The monoisotopic (exact) mass is 407 g/mol. The first-order valence-corrected chi connectivity index (χ1v) is 11.0. The number of hydrogen-bond donors (Lipinski definition) is 0. The smallest absolute Gasteiger partial charge is 0.305 e. The van der Waals surface area contributed by atoms with Crippen LogP contribution in [0.15, 0.2) is 54.6 Å². The first-order valence-electron chi connectivity index (χ1n) is 11.0. The second-order valence-electron chi connectivity index (χ2n) is 7.77. The molecule has 0 fully saturated rings. The third-order valence-corrected chi connectivity index (χ3v) is 5.45. The molecule has 0 aliphatic carbocycles.